The molecule has 2 rings (SSSR count). The van der Waals surface area contributed by atoms with Crippen molar-refractivity contribution >= 4 is 0 Å². The Hall–Kier alpha value is -0.120. The summed E-state index contributed by atoms with van der Waals surface area (Å²) in [4.78, 5) is 0. The molecule has 0 amide bonds. The molecule has 2 aliphatic rings. The highest BCUT2D eigenvalue weighted by atomic mass is 16.5. The van der Waals surface area contributed by atoms with Gasteiger partial charge in [-0.1, -0.05) is 25.7 Å². The van der Waals surface area contributed by atoms with Crippen molar-refractivity contribution < 1.29 is 14.6 Å². The molecule has 1 aliphatic carbocycles. The fourth-order valence-corrected chi connectivity index (χ4v) is 2.64. The van der Waals surface area contributed by atoms with Crippen LogP contribution in [-0.2, 0) is 9.47 Å². The number of rotatable bonds is 4. The molecule has 94 valence electrons. The van der Waals surface area contributed by atoms with Gasteiger partial charge in [0.1, 0.15) is 0 Å². The van der Waals surface area contributed by atoms with E-state index < -0.39 is 0 Å². The van der Waals surface area contributed by atoms with E-state index in [0.29, 0.717) is 25.2 Å². The highest BCUT2D eigenvalue weighted by Crippen LogP contribution is 2.22. The molecule has 1 heterocycles. The first-order valence-electron chi connectivity index (χ1n) is 6.73. The van der Waals surface area contributed by atoms with Gasteiger partial charge in [0.05, 0.1) is 25.4 Å². The van der Waals surface area contributed by atoms with Crippen molar-refractivity contribution in [2.75, 3.05) is 19.8 Å². The van der Waals surface area contributed by atoms with E-state index in [4.69, 9.17) is 9.47 Å². The average Bonchev–Trinajstić information content (AvgIpc) is 2.71. The van der Waals surface area contributed by atoms with E-state index in [-0.39, 0.29) is 6.10 Å². The summed E-state index contributed by atoms with van der Waals surface area (Å²) in [7, 11) is 0. The van der Waals surface area contributed by atoms with Crippen LogP contribution in [0.25, 0.3) is 0 Å². The van der Waals surface area contributed by atoms with Crippen molar-refractivity contribution in [1.82, 2.24) is 0 Å². The fraction of sp³-hybridized carbons (Fsp3) is 1.00. The summed E-state index contributed by atoms with van der Waals surface area (Å²) in [6.07, 6.45) is 8.65. The van der Waals surface area contributed by atoms with Crippen LogP contribution in [0, 0.1) is 5.92 Å². The smallest absolute Gasteiger partial charge is 0.0824 e. The van der Waals surface area contributed by atoms with E-state index in [1.54, 1.807) is 0 Å². The summed E-state index contributed by atoms with van der Waals surface area (Å²) in [6, 6.07) is 0. The Labute approximate surface area is 98.1 Å². The van der Waals surface area contributed by atoms with Crippen LogP contribution >= 0.6 is 0 Å². The molecule has 2 atom stereocenters. The second kappa shape index (κ2) is 6.58. The Kier molecular flexibility index (Phi) is 5.07. The Morgan fingerprint density at radius 2 is 1.88 bits per heavy atom. The SMILES string of the molecule is OC(COC1CCCCCC1)C1CCOC1. The van der Waals surface area contributed by atoms with Crippen LogP contribution < -0.4 is 0 Å². The van der Waals surface area contributed by atoms with E-state index in [9.17, 15) is 5.11 Å². The minimum Gasteiger partial charge on any atom is -0.390 e. The van der Waals surface area contributed by atoms with Gasteiger partial charge in [-0.05, 0) is 19.3 Å². The van der Waals surface area contributed by atoms with Crippen LogP contribution in [0.2, 0.25) is 0 Å². The summed E-state index contributed by atoms with van der Waals surface area (Å²) in [5, 5.41) is 9.94. The van der Waals surface area contributed by atoms with E-state index in [1.807, 2.05) is 0 Å². The van der Waals surface area contributed by atoms with Gasteiger partial charge in [-0.15, -0.1) is 0 Å². The molecule has 16 heavy (non-hydrogen) atoms. The number of hydrogen-bond acceptors (Lipinski definition) is 3. The normalized spacial score (nSPS) is 30.2. The minimum atomic E-state index is -0.328. The zero-order valence-corrected chi connectivity index (χ0v) is 10.1. The van der Waals surface area contributed by atoms with Gasteiger partial charge in [-0.2, -0.15) is 0 Å². The molecule has 0 aromatic rings. The van der Waals surface area contributed by atoms with Crippen LogP contribution in [0.3, 0.4) is 0 Å². The molecule has 2 fully saturated rings. The van der Waals surface area contributed by atoms with Crippen molar-refractivity contribution in [3.8, 4) is 0 Å². The topological polar surface area (TPSA) is 38.7 Å². The molecular weight excluding hydrogens is 204 g/mol. The molecule has 2 unspecified atom stereocenters. The van der Waals surface area contributed by atoms with E-state index in [1.165, 1.54) is 38.5 Å². The van der Waals surface area contributed by atoms with Crippen molar-refractivity contribution in [2.45, 2.75) is 57.2 Å². The lowest BCUT2D eigenvalue weighted by molar-refractivity contribution is -0.0367. The molecule has 1 saturated carbocycles. The lowest BCUT2D eigenvalue weighted by Gasteiger charge is -2.21. The predicted octanol–water partition coefficient (Wildman–Crippen LogP) is 2.12. The molecule has 1 N–H and O–H groups in total. The highest BCUT2D eigenvalue weighted by Gasteiger charge is 2.25. The van der Waals surface area contributed by atoms with Gasteiger partial charge in [-0.3, -0.25) is 0 Å². The first kappa shape index (κ1) is 12.3. The third kappa shape index (κ3) is 3.72. The van der Waals surface area contributed by atoms with Gasteiger partial charge < -0.3 is 14.6 Å². The molecule has 3 heteroatoms. The van der Waals surface area contributed by atoms with Gasteiger partial charge in [0, 0.05) is 12.5 Å². The van der Waals surface area contributed by atoms with Crippen molar-refractivity contribution in [1.29, 1.82) is 0 Å². The molecule has 0 bridgehead atoms. The molecular formula is C13H24O3. The average molecular weight is 228 g/mol. The maximum atomic E-state index is 9.94. The van der Waals surface area contributed by atoms with Gasteiger partial charge in [-0.25, -0.2) is 0 Å². The monoisotopic (exact) mass is 228 g/mol. The quantitative estimate of drug-likeness (QED) is 0.749. The number of ether oxygens (including phenoxy) is 2. The standard InChI is InChI=1S/C13H24O3/c14-13(11-7-8-15-9-11)10-16-12-5-3-1-2-4-6-12/h11-14H,1-10H2. The molecule has 1 saturated heterocycles. The number of hydrogen-bond donors (Lipinski definition) is 1. The van der Waals surface area contributed by atoms with Crippen LogP contribution in [0.5, 0.6) is 0 Å². The molecule has 3 nitrogen and oxygen atoms in total. The van der Waals surface area contributed by atoms with Gasteiger partial charge >= 0.3 is 0 Å². The van der Waals surface area contributed by atoms with E-state index in [2.05, 4.69) is 0 Å². The summed E-state index contributed by atoms with van der Waals surface area (Å²) >= 11 is 0. The Morgan fingerprint density at radius 1 is 1.12 bits per heavy atom. The lowest BCUT2D eigenvalue weighted by Crippen LogP contribution is -2.28. The van der Waals surface area contributed by atoms with Crippen LogP contribution in [-0.4, -0.2) is 37.1 Å². The minimum absolute atomic E-state index is 0.297. The van der Waals surface area contributed by atoms with E-state index >= 15 is 0 Å². The third-order valence-corrected chi connectivity index (χ3v) is 3.81. The van der Waals surface area contributed by atoms with Crippen molar-refractivity contribution in [3.05, 3.63) is 0 Å². The van der Waals surface area contributed by atoms with Crippen molar-refractivity contribution in [2.24, 2.45) is 5.92 Å². The molecule has 0 aromatic heterocycles. The maximum absolute atomic E-state index is 9.94. The van der Waals surface area contributed by atoms with Gasteiger partial charge in [0.2, 0.25) is 0 Å². The van der Waals surface area contributed by atoms with Crippen LogP contribution in [0.1, 0.15) is 44.9 Å². The Morgan fingerprint density at radius 3 is 2.50 bits per heavy atom. The third-order valence-electron chi connectivity index (χ3n) is 3.81. The summed E-state index contributed by atoms with van der Waals surface area (Å²) in [5.41, 5.74) is 0. The van der Waals surface area contributed by atoms with Crippen LogP contribution in [0.15, 0.2) is 0 Å². The Balaban J connectivity index is 1.64. The number of aliphatic hydroxyl groups is 1. The molecule has 1 aliphatic heterocycles. The fourth-order valence-electron chi connectivity index (χ4n) is 2.64. The second-order valence-electron chi connectivity index (χ2n) is 5.14. The van der Waals surface area contributed by atoms with Crippen molar-refractivity contribution in [3.63, 3.8) is 0 Å². The first-order valence-corrected chi connectivity index (χ1v) is 6.73. The largest absolute Gasteiger partial charge is 0.390 e. The zero-order chi connectivity index (χ0) is 11.2. The molecule has 0 radical (unpaired) electrons. The second-order valence-corrected chi connectivity index (χ2v) is 5.14. The van der Waals surface area contributed by atoms with Crippen LogP contribution in [0.4, 0.5) is 0 Å². The Bertz CT molecular complexity index is 180. The zero-order valence-electron chi connectivity index (χ0n) is 10.1. The van der Waals surface area contributed by atoms with E-state index in [0.717, 1.165) is 13.0 Å². The molecule has 0 aromatic carbocycles. The molecule has 0 spiro atoms. The summed E-state index contributed by atoms with van der Waals surface area (Å²) < 4.78 is 11.1. The highest BCUT2D eigenvalue weighted by molar-refractivity contribution is 4.73. The maximum Gasteiger partial charge on any atom is 0.0824 e. The first-order chi connectivity index (χ1) is 7.86. The number of aliphatic hydroxyl groups excluding tert-OH is 1. The van der Waals surface area contributed by atoms with Gasteiger partial charge in [0.25, 0.3) is 0 Å². The summed E-state index contributed by atoms with van der Waals surface area (Å²) in [6.45, 7) is 2.00. The van der Waals surface area contributed by atoms with Gasteiger partial charge in [0.15, 0.2) is 0 Å². The lowest BCUT2D eigenvalue weighted by atomic mass is 10.0. The summed E-state index contributed by atoms with van der Waals surface area (Å²) in [5.74, 6) is 0.297. The predicted molar refractivity (Wildman–Crippen MR) is 62.4 cm³/mol.